The van der Waals surface area contributed by atoms with E-state index in [1.165, 1.54) is 0 Å². The monoisotopic (exact) mass is 263 g/mol. The molecule has 1 aliphatic rings. The van der Waals surface area contributed by atoms with E-state index in [1.807, 2.05) is 6.07 Å². The highest BCUT2D eigenvalue weighted by Gasteiger charge is 2.19. The molecule has 3 N–H and O–H groups in total. The number of hydrogen-bond donors (Lipinski definition) is 2. The van der Waals surface area contributed by atoms with Crippen molar-refractivity contribution in [2.75, 3.05) is 51.6 Å². The summed E-state index contributed by atoms with van der Waals surface area (Å²) in [6.45, 7) is 4.91. The molecular formula is C14H21N3O2. The summed E-state index contributed by atoms with van der Waals surface area (Å²) in [5.41, 5.74) is 6.99. The third kappa shape index (κ3) is 4.02. The van der Waals surface area contributed by atoms with E-state index in [2.05, 4.69) is 9.80 Å². The van der Waals surface area contributed by atoms with E-state index in [0.29, 0.717) is 17.8 Å². The summed E-state index contributed by atoms with van der Waals surface area (Å²) >= 11 is 0. The molecule has 0 amide bonds. The first-order valence-electron chi connectivity index (χ1n) is 6.63. The van der Waals surface area contributed by atoms with Crippen LogP contribution in [-0.4, -0.2) is 66.6 Å². The molecule has 5 heteroatoms. The Balaban J connectivity index is 1.84. The summed E-state index contributed by atoms with van der Waals surface area (Å²) in [7, 11) is 0. The Morgan fingerprint density at radius 2 is 1.89 bits per heavy atom. The molecule has 1 saturated heterocycles. The van der Waals surface area contributed by atoms with Gasteiger partial charge in [0.25, 0.3) is 0 Å². The second-order valence-electron chi connectivity index (χ2n) is 4.89. The zero-order valence-electron chi connectivity index (χ0n) is 11.1. The fourth-order valence-electron chi connectivity index (χ4n) is 2.32. The SMILES string of the molecule is Nc1cccc(C(=O)CN2CCN(CCO)CC2)c1. The Bertz CT molecular complexity index is 428. The van der Waals surface area contributed by atoms with Crippen molar-refractivity contribution < 1.29 is 9.90 Å². The quantitative estimate of drug-likeness (QED) is 0.581. The zero-order valence-corrected chi connectivity index (χ0v) is 11.1. The van der Waals surface area contributed by atoms with Crippen LogP contribution in [0.4, 0.5) is 5.69 Å². The molecule has 0 aromatic heterocycles. The number of hydrogen-bond acceptors (Lipinski definition) is 5. The molecule has 0 radical (unpaired) electrons. The van der Waals surface area contributed by atoms with Crippen molar-refractivity contribution in [2.24, 2.45) is 0 Å². The standard InChI is InChI=1S/C14H21N3O2/c15-13-3-1-2-12(10-13)14(19)11-17-6-4-16(5-7-17)8-9-18/h1-3,10,18H,4-9,11,15H2. The fraction of sp³-hybridized carbons (Fsp3) is 0.500. The Hall–Kier alpha value is -1.43. The van der Waals surface area contributed by atoms with Gasteiger partial charge >= 0.3 is 0 Å². The van der Waals surface area contributed by atoms with E-state index in [0.717, 1.165) is 32.7 Å². The van der Waals surface area contributed by atoms with Crippen LogP contribution < -0.4 is 5.73 Å². The summed E-state index contributed by atoms with van der Waals surface area (Å²) in [5, 5.41) is 8.88. The zero-order chi connectivity index (χ0) is 13.7. The number of aliphatic hydroxyl groups excluding tert-OH is 1. The Morgan fingerprint density at radius 1 is 1.21 bits per heavy atom. The molecule has 0 aliphatic carbocycles. The van der Waals surface area contributed by atoms with Gasteiger partial charge in [-0.2, -0.15) is 0 Å². The molecule has 0 atom stereocenters. The smallest absolute Gasteiger partial charge is 0.176 e. The van der Waals surface area contributed by atoms with Gasteiger partial charge in [-0.15, -0.1) is 0 Å². The second-order valence-corrected chi connectivity index (χ2v) is 4.89. The molecule has 1 aromatic carbocycles. The topological polar surface area (TPSA) is 69.8 Å². The van der Waals surface area contributed by atoms with Gasteiger partial charge in [0, 0.05) is 44.0 Å². The average molecular weight is 263 g/mol. The maximum absolute atomic E-state index is 12.1. The first kappa shape index (κ1) is 14.0. The van der Waals surface area contributed by atoms with Gasteiger partial charge in [-0.1, -0.05) is 12.1 Å². The van der Waals surface area contributed by atoms with Crippen molar-refractivity contribution in [3.8, 4) is 0 Å². The van der Waals surface area contributed by atoms with Gasteiger partial charge in [0.2, 0.25) is 0 Å². The first-order valence-corrected chi connectivity index (χ1v) is 6.63. The third-order valence-corrected chi connectivity index (χ3v) is 3.46. The van der Waals surface area contributed by atoms with Gasteiger partial charge in [0.05, 0.1) is 13.2 Å². The van der Waals surface area contributed by atoms with E-state index >= 15 is 0 Å². The normalized spacial score (nSPS) is 17.5. The van der Waals surface area contributed by atoms with Gasteiger partial charge < -0.3 is 10.8 Å². The second kappa shape index (κ2) is 6.65. The van der Waals surface area contributed by atoms with Gasteiger partial charge in [0.15, 0.2) is 5.78 Å². The summed E-state index contributed by atoms with van der Waals surface area (Å²) < 4.78 is 0. The Kier molecular flexibility index (Phi) is 4.90. The molecule has 104 valence electrons. The van der Waals surface area contributed by atoms with Gasteiger partial charge in [-0.3, -0.25) is 14.6 Å². The Morgan fingerprint density at radius 3 is 2.53 bits per heavy atom. The lowest BCUT2D eigenvalue weighted by Crippen LogP contribution is -2.48. The molecule has 19 heavy (non-hydrogen) atoms. The molecule has 0 unspecified atom stereocenters. The van der Waals surface area contributed by atoms with E-state index in [1.54, 1.807) is 18.2 Å². The van der Waals surface area contributed by atoms with Crippen molar-refractivity contribution in [2.45, 2.75) is 0 Å². The fourth-order valence-corrected chi connectivity index (χ4v) is 2.32. The molecule has 0 spiro atoms. The highest BCUT2D eigenvalue weighted by atomic mass is 16.3. The third-order valence-electron chi connectivity index (χ3n) is 3.46. The van der Waals surface area contributed by atoms with Crippen LogP contribution in [0.1, 0.15) is 10.4 Å². The molecule has 0 saturated carbocycles. The van der Waals surface area contributed by atoms with Crippen molar-refractivity contribution in [3.63, 3.8) is 0 Å². The largest absolute Gasteiger partial charge is 0.399 e. The number of β-amino-alcohol motifs (C(OH)–C–C–N with tert-alkyl or cyclic N) is 1. The number of nitrogen functional groups attached to an aromatic ring is 1. The van der Waals surface area contributed by atoms with E-state index in [9.17, 15) is 4.79 Å². The van der Waals surface area contributed by atoms with Crippen molar-refractivity contribution in [1.29, 1.82) is 0 Å². The number of nitrogens with zero attached hydrogens (tertiary/aromatic N) is 2. The van der Waals surface area contributed by atoms with E-state index in [4.69, 9.17) is 10.8 Å². The molecule has 5 nitrogen and oxygen atoms in total. The number of piperazine rings is 1. The number of anilines is 1. The van der Waals surface area contributed by atoms with Crippen LogP contribution in [-0.2, 0) is 0 Å². The summed E-state index contributed by atoms with van der Waals surface area (Å²) in [4.78, 5) is 16.5. The average Bonchev–Trinajstić information content (AvgIpc) is 2.41. The predicted octanol–water partition coefficient (Wildman–Crippen LogP) is 0.0614. The number of aliphatic hydroxyl groups is 1. The minimum Gasteiger partial charge on any atom is -0.399 e. The van der Waals surface area contributed by atoms with Crippen LogP contribution >= 0.6 is 0 Å². The number of carbonyl (C=O) groups excluding carboxylic acids is 1. The molecule has 1 fully saturated rings. The number of benzene rings is 1. The number of nitrogens with two attached hydrogens (primary N) is 1. The van der Waals surface area contributed by atoms with Crippen LogP contribution in [0.15, 0.2) is 24.3 Å². The van der Waals surface area contributed by atoms with Crippen molar-refractivity contribution in [3.05, 3.63) is 29.8 Å². The number of carbonyl (C=O) groups is 1. The number of rotatable bonds is 5. The van der Waals surface area contributed by atoms with Crippen LogP contribution in [0.5, 0.6) is 0 Å². The van der Waals surface area contributed by atoms with Crippen LogP contribution in [0.25, 0.3) is 0 Å². The van der Waals surface area contributed by atoms with Gasteiger partial charge in [0.1, 0.15) is 0 Å². The minimum atomic E-state index is 0.114. The Labute approximate surface area is 113 Å². The summed E-state index contributed by atoms with van der Waals surface area (Å²) in [5.74, 6) is 0.114. The molecular weight excluding hydrogens is 242 g/mol. The summed E-state index contributed by atoms with van der Waals surface area (Å²) in [6, 6.07) is 7.12. The molecule has 1 aliphatic heterocycles. The lowest BCUT2D eigenvalue weighted by Gasteiger charge is -2.33. The van der Waals surface area contributed by atoms with Gasteiger partial charge in [-0.25, -0.2) is 0 Å². The molecule has 1 heterocycles. The number of ketones is 1. The molecule has 1 aromatic rings. The van der Waals surface area contributed by atoms with E-state index < -0.39 is 0 Å². The van der Waals surface area contributed by atoms with Crippen LogP contribution in [0.3, 0.4) is 0 Å². The highest BCUT2D eigenvalue weighted by molar-refractivity contribution is 5.98. The molecule has 2 rings (SSSR count). The van der Waals surface area contributed by atoms with Crippen molar-refractivity contribution in [1.82, 2.24) is 9.80 Å². The lowest BCUT2D eigenvalue weighted by molar-refractivity contribution is 0.0823. The maximum Gasteiger partial charge on any atom is 0.176 e. The number of Topliss-reactive ketones (excluding diaryl/α,β-unsaturated/α-hetero) is 1. The highest BCUT2D eigenvalue weighted by Crippen LogP contribution is 2.09. The molecule has 0 bridgehead atoms. The van der Waals surface area contributed by atoms with Crippen LogP contribution in [0, 0.1) is 0 Å². The van der Waals surface area contributed by atoms with Gasteiger partial charge in [-0.05, 0) is 12.1 Å². The minimum absolute atomic E-state index is 0.114. The summed E-state index contributed by atoms with van der Waals surface area (Å²) in [6.07, 6.45) is 0. The van der Waals surface area contributed by atoms with Crippen molar-refractivity contribution >= 4 is 11.5 Å². The first-order chi connectivity index (χ1) is 9.19. The maximum atomic E-state index is 12.1. The van der Waals surface area contributed by atoms with Crippen LogP contribution in [0.2, 0.25) is 0 Å². The lowest BCUT2D eigenvalue weighted by atomic mass is 10.1. The predicted molar refractivity (Wildman–Crippen MR) is 75.2 cm³/mol. The van der Waals surface area contributed by atoms with E-state index in [-0.39, 0.29) is 12.4 Å².